The third kappa shape index (κ3) is 18.9. The highest BCUT2D eigenvalue weighted by atomic mass is 32.2. The van der Waals surface area contributed by atoms with Crippen LogP contribution in [0.1, 0.15) is 38.5 Å². The number of halogens is 3. The first-order valence-electron chi connectivity index (χ1n) is 6.57. The first kappa shape index (κ1) is 19.9. The Labute approximate surface area is 123 Å². The molecule has 1 aromatic heterocycles. The normalized spacial score (nSPS) is 11.6. The number of pyridine rings is 1. The van der Waals surface area contributed by atoms with Gasteiger partial charge in [-0.05, 0) is 25.0 Å². The van der Waals surface area contributed by atoms with Crippen molar-refractivity contribution in [1.29, 1.82) is 0 Å². The van der Waals surface area contributed by atoms with E-state index in [1.165, 1.54) is 0 Å². The van der Waals surface area contributed by atoms with Crippen LogP contribution >= 0.6 is 0 Å². The summed E-state index contributed by atoms with van der Waals surface area (Å²) in [5.41, 5.74) is 0. The molecule has 0 saturated carbocycles. The largest absolute Gasteiger partial charge is 0.389 e. The number of aromatic nitrogens is 1. The van der Waals surface area contributed by atoms with Crippen LogP contribution in [0.4, 0.5) is 13.2 Å². The molecule has 0 aliphatic rings. The number of hydrogen-bond donors (Lipinski definition) is 1. The van der Waals surface area contributed by atoms with Gasteiger partial charge in [-0.2, -0.15) is 21.6 Å². The van der Waals surface area contributed by atoms with Crippen LogP contribution in [0.5, 0.6) is 0 Å². The minimum absolute atomic E-state index is 0.0787. The first-order chi connectivity index (χ1) is 9.71. The summed E-state index contributed by atoms with van der Waals surface area (Å²) in [6.07, 6.45) is 0.508. The number of unbranched alkanes of at least 4 members (excludes halogenated alkanes) is 4. The quantitative estimate of drug-likeness (QED) is 0.610. The minimum Gasteiger partial charge on any atom is -0.286 e. The summed E-state index contributed by atoms with van der Waals surface area (Å²) in [5, 5.41) is 0. The van der Waals surface area contributed by atoms with E-state index in [1.54, 1.807) is 12.4 Å². The van der Waals surface area contributed by atoms with Gasteiger partial charge in [-0.3, -0.25) is 9.54 Å². The molecule has 0 saturated heterocycles. The molecule has 1 N–H and O–H groups in total. The Morgan fingerprint density at radius 2 is 1.43 bits per heavy atom. The summed E-state index contributed by atoms with van der Waals surface area (Å²) < 4.78 is 63.9. The third-order valence-electron chi connectivity index (χ3n) is 2.43. The van der Waals surface area contributed by atoms with Gasteiger partial charge in [0.2, 0.25) is 0 Å². The average Bonchev–Trinajstić information content (AvgIpc) is 2.38. The summed E-state index contributed by atoms with van der Waals surface area (Å²) in [4.78, 5) is 3.78. The van der Waals surface area contributed by atoms with Crippen molar-refractivity contribution in [3.8, 4) is 0 Å². The summed E-state index contributed by atoms with van der Waals surface area (Å²) in [5.74, 6) is -0.313. The Morgan fingerprint density at radius 1 is 0.905 bits per heavy atom. The van der Waals surface area contributed by atoms with E-state index in [9.17, 15) is 21.6 Å². The minimum atomic E-state index is -4.10. The Balaban J connectivity index is 0.000000547. The molecule has 0 aliphatic carbocycles. The lowest BCUT2D eigenvalue weighted by atomic mass is 10.1. The summed E-state index contributed by atoms with van der Waals surface area (Å²) in [6, 6.07) is 5.72. The molecule has 4 nitrogen and oxygen atoms in total. The van der Waals surface area contributed by atoms with Gasteiger partial charge in [0.15, 0.2) is 0 Å². The molecule has 1 aromatic rings. The highest BCUT2D eigenvalue weighted by Gasteiger charge is 2.25. The van der Waals surface area contributed by atoms with E-state index in [-0.39, 0.29) is 12.2 Å². The molecule has 0 fully saturated rings. The van der Waals surface area contributed by atoms with Gasteiger partial charge in [-0.25, -0.2) is 0 Å². The molecule has 0 amide bonds. The van der Waals surface area contributed by atoms with Gasteiger partial charge in [0, 0.05) is 18.8 Å². The fraction of sp³-hybridized carbons (Fsp3) is 0.615. The maximum absolute atomic E-state index is 11.7. The number of rotatable bonds is 7. The Hall–Kier alpha value is -1.15. The van der Waals surface area contributed by atoms with Crippen LogP contribution in [-0.4, -0.2) is 29.9 Å². The molecule has 1 heterocycles. The fourth-order valence-electron chi connectivity index (χ4n) is 1.45. The molecule has 0 radical (unpaired) electrons. The van der Waals surface area contributed by atoms with Crippen molar-refractivity contribution in [2.75, 3.05) is 5.75 Å². The van der Waals surface area contributed by atoms with Gasteiger partial charge in [-0.1, -0.05) is 25.3 Å². The van der Waals surface area contributed by atoms with Crippen molar-refractivity contribution < 1.29 is 26.1 Å². The van der Waals surface area contributed by atoms with Crippen molar-refractivity contribution in [3.05, 3.63) is 30.6 Å². The SMILES string of the molecule is O=S(=O)(O)CCCCCCCC(F)(F)F.c1ccncc1. The molecule has 0 aliphatic heterocycles. The van der Waals surface area contributed by atoms with Crippen molar-refractivity contribution in [2.45, 2.75) is 44.7 Å². The average molecular weight is 327 g/mol. The second-order valence-corrected chi connectivity index (χ2v) is 6.02. The van der Waals surface area contributed by atoms with Crippen molar-refractivity contribution in [1.82, 2.24) is 4.98 Å². The number of nitrogens with zero attached hydrogens (tertiary/aromatic N) is 1. The molecule has 0 unspecified atom stereocenters. The van der Waals surface area contributed by atoms with E-state index < -0.39 is 22.7 Å². The lowest BCUT2D eigenvalue weighted by Gasteiger charge is -2.05. The highest BCUT2D eigenvalue weighted by molar-refractivity contribution is 7.85. The zero-order valence-corrected chi connectivity index (χ0v) is 12.4. The van der Waals surface area contributed by atoms with E-state index in [4.69, 9.17) is 4.55 Å². The molecule has 0 spiro atoms. The molecule has 21 heavy (non-hydrogen) atoms. The van der Waals surface area contributed by atoms with Crippen LogP contribution < -0.4 is 0 Å². The van der Waals surface area contributed by atoms with E-state index in [2.05, 4.69) is 4.98 Å². The van der Waals surface area contributed by atoms with Gasteiger partial charge in [0.25, 0.3) is 10.1 Å². The van der Waals surface area contributed by atoms with E-state index in [1.807, 2.05) is 18.2 Å². The van der Waals surface area contributed by atoms with Crippen LogP contribution in [0, 0.1) is 0 Å². The highest BCUT2D eigenvalue weighted by Crippen LogP contribution is 2.22. The van der Waals surface area contributed by atoms with Crippen LogP contribution in [0.2, 0.25) is 0 Å². The molecule has 0 aromatic carbocycles. The van der Waals surface area contributed by atoms with Crippen LogP contribution in [0.15, 0.2) is 30.6 Å². The second kappa shape index (κ2) is 10.6. The van der Waals surface area contributed by atoms with Gasteiger partial charge in [0.1, 0.15) is 0 Å². The molecule has 8 heteroatoms. The lowest BCUT2D eigenvalue weighted by Crippen LogP contribution is -2.06. The summed E-state index contributed by atoms with van der Waals surface area (Å²) in [6.45, 7) is 0. The first-order valence-corrected chi connectivity index (χ1v) is 8.18. The summed E-state index contributed by atoms with van der Waals surface area (Å²) in [7, 11) is -3.92. The van der Waals surface area contributed by atoms with E-state index in [0.717, 1.165) is 0 Å². The maximum Gasteiger partial charge on any atom is 0.389 e. The third-order valence-corrected chi connectivity index (χ3v) is 3.23. The van der Waals surface area contributed by atoms with Crippen LogP contribution in [0.25, 0.3) is 0 Å². The predicted molar refractivity (Wildman–Crippen MR) is 74.4 cm³/mol. The van der Waals surface area contributed by atoms with Crippen molar-refractivity contribution in [3.63, 3.8) is 0 Å². The summed E-state index contributed by atoms with van der Waals surface area (Å²) >= 11 is 0. The maximum atomic E-state index is 11.7. The molecule has 122 valence electrons. The monoisotopic (exact) mass is 327 g/mol. The Morgan fingerprint density at radius 3 is 1.81 bits per heavy atom. The molecule has 0 atom stereocenters. The van der Waals surface area contributed by atoms with Crippen molar-refractivity contribution in [2.24, 2.45) is 0 Å². The van der Waals surface area contributed by atoms with Gasteiger partial charge in [-0.15, -0.1) is 0 Å². The Kier molecular flexibility index (Phi) is 9.98. The Bertz CT molecular complexity index is 423. The number of hydrogen-bond acceptors (Lipinski definition) is 3. The molecule has 0 bridgehead atoms. The predicted octanol–water partition coefficient (Wildman–Crippen LogP) is 3.86. The second-order valence-electron chi connectivity index (χ2n) is 4.44. The van der Waals surface area contributed by atoms with E-state index in [0.29, 0.717) is 25.7 Å². The standard InChI is InChI=1S/C8H15F3O3S.C5H5N/c9-8(10,11)6-4-2-1-3-5-7-15(12,13)14;1-2-4-6-5-3-1/h1-7H2,(H,12,13,14);1-5H. The van der Waals surface area contributed by atoms with Crippen molar-refractivity contribution >= 4 is 10.1 Å². The molecular weight excluding hydrogens is 307 g/mol. The van der Waals surface area contributed by atoms with Crippen LogP contribution in [-0.2, 0) is 10.1 Å². The molecular formula is C13H20F3NO3S. The van der Waals surface area contributed by atoms with Crippen LogP contribution in [0.3, 0.4) is 0 Å². The van der Waals surface area contributed by atoms with E-state index >= 15 is 0 Å². The zero-order chi connectivity index (χ0) is 16.2. The lowest BCUT2D eigenvalue weighted by molar-refractivity contribution is -0.135. The number of alkyl halides is 3. The van der Waals surface area contributed by atoms with Gasteiger partial charge < -0.3 is 0 Å². The van der Waals surface area contributed by atoms with Gasteiger partial charge in [0.05, 0.1) is 5.75 Å². The topological polar surface area (TPSA) is 67.3 Å². The van der Waals surface area contributed by atoms with Gasteiger partial charge >= 0.3 is 6.18 Å². The zero-order valence-electron chi connectivity index (χ0n) is 11.6. The smallest absolute Gasteiger partial charge is 0.286 e. The molecule has 1 rings (SSSR count). The fourth-order valence-corrected chi connectivity index (χ4v) is 2.02.